The summed E-state index contributed by atoms with van der Waals surface area (Å²) in [5, 5.41) is 12.7. The van der Waals surface area contributed by atoms with Gasteiger partial charge < -0.3 is 4.90 Å². The summed E-state index contributed by atoms with van der Waals surface area (Å²) in [7, 11) is -2.54. The smallest absolute Gasteiger partial charge is 0.264 e. The number of carbonyl (C=O) groups is 1. The lowest BCUT2D eigenvalue weighted by atomic mass is 9.96. The Balaban J connectivity index is 1.40. The zero-order valence-electron chi connectivity index (χ0n) is 21.0. The van der Waals surface area contributed by atoms with E-state index in [9.17, 15) is 26.4 Å². The largest absolute Gasteiger partial charge is 0.333 e. The Bertz CT molecular complexity index is 1700. The highest BCUT2D eigenvalue weighted by molar-refractivity contribution is 7.89. The summed E-state index contributed by atoms with van der Waals surface area (Å²) in [4.78, 5) is 15.7. The second-order valence-corrected chi connectivity index (χ2v) is 11.8. The van der Waals surface area contributed by atoms with E-state index in [0.717, 1.165) is 16.6 Å². The van der Waals surface area contributed by atoms with Crippen LogP contribution < -0.4 is 0 Å². The quantitative estimate of drug-likeness (QED) is 0.372. The Morgan fingerprint density at radius 3 is 2.44 bits per heavy atom. The summed E-state index contributed by atoms with van der Waals surface area (Å²) in [6.07, 6.45) is 2.24. The van der Waals surface area contributed by atoms with Gasteiger partial charge in [0, 0.05) is 38.5 Å². The Kier molecular flexibility index (Phi) is 5.80. The third-order valence-electron chi connectivity index (χ3n) is 7.32. The normalized spacial score (nSPS) is 21.4. The zero-order chi connectivity index (χ0) is 27.7. The fourth-order valence-electron chi connectivity index (χ4n) is 5.11. The van der Waals surface area contributed by atoms with Crippen LogP contribution in [-0.2, 0) is 21.9 Å². The summed E-state index contributed by atoms with van der Waals surface area (Å²) in [5.41, 5.74) is 2.70. The van der Waals surface area contributed by atoms with Crippen molar-refractivity contribution in [3.05, 3.63) is 65.7 Å². The number of rotatable bonds is 5. The van der Waals surface area contributed by atoms with Crippen LogP contribution >= 0.6 is 0 Å². The minimum absolute atomic E-state index is 0.0537. The molecule has 0 spiro atoms. The Labute approximate surface area is 221 Å². The van der Waals surface area contributed by atoms with Crippen molar-refractivity contribution in [3.8, 4) is 5.69 Å². The lowest BCUT2D eigenvalue weighted by molar-refractivity contribution is -0.139. The number of carbonyl (C=O) groups excluding carboxylic acids is 1. The van der Waals surface area contributed by atoms with Crippen LogP contribution in [0.15, 0.2) is 53.8 Å². The number of aromatic nitrogens is 5. The van der Waals surface area contributed by atoms with Crippen molar-refractivity contribution in [2.45, 2.75) is 30.3 Å². The van der Waals surface area contributed by atoms with Crippen LogP contribution in [0.5, 0.6) is 0 Å². The number of benzene rings is 2. The maximum atomic E-state index is 13.9. The van der Waals surface area contributed by atoms with Gasteiger partial charge in [0.2, 0.25) is 10.9 Å². The third-order valence-corrected chi connectivity index (χ3v) is 9.05. The van der Waals surface area contributed by atoms with Crippen molar-refractivity contribution in [2.75, 3.05) is 19.6 Å². The first-order valence-corrected chi connectivity index (χ1v) is 13.7. The van der Waals surface area contributed by atoms with Crippen molar-refractivity contribution < 1.29 is 26.4 Å². The number of nitrogens with zero attached hydrogens (tertiary/aromatic N) is 7. The highest BCUT2D eigenvalue weighted by Gasteiger charge is 2.63. The van der Waals surface area contributed by atoms with Crippen LogP contribution in [0.3, 0.4) is 0 Å². The molecule has 6 rings (SSSR count). The van der Waals surface area contributed by atoms with Gasteiger partial charge in [-0.2, -0.15) is 19.3 Å². The van der Waals surface area contributed by atoms with E-state index >= 15 is 0 Å². The van der Waals surface area contributed by atoms with E-state index < -0.39 is 40.2 Å². The van der Waals surface area contributed by atoms with Gasteiger partial charge in [-0.1, -0.05) is 0 Å². The van der Waals surface area contributed by atoms with E-state index in [2.05, 4.69) is 15.3 Å². The summed E-state index contributed by atoms with van der Waals surface area (Å²) >= 11 is 0. The number of sulfonamides is 1. The molecule has 2 fully saturated rings. The van der Waals surface area contributed by atoms with Crippen molar-refractivity contribution in [2.24, 2.45) is 13.0 Å². The Hall–Kier alpha value is -3.78. The predicted molar refractivity (Wildman–Crippen MR) is 133 cm³/mol. The Morgan fingerprint density at radius 1 is 1.08 bits per heavy atom. The maximum Gasteiger partial charge on any atom is 0.264 e. The molecule has 4 aromatic rings. The first-order chi connectivity index (χ1) is 18.5. The number of hydrogen-bond acceptors (Lipinski definition) is 6. The van der Waals surface area contributed by atoms with E-state index in [1.807, 2.05) is 6.07 Å². The van der Waals surface area contributed by atoms with Gasteiger partial charge in [-0.15, -0.1) is 5.10 Å². The van der Waals surface area contributed by atoms with Crippen LogP contribution in [0.2, 0.25) is 0 Å². The fraction of sp³-hybridized carbons (Fsp3) is 0.360. The van der Waals surface area contributed by atoms with Crippen molar-refractivity contribution in [1.82, 2.24) is 34.0 Å². The van der Waals surface area contributed by atoms with Crippen LogP contribution in [0.4, 0.5) is 13.2 Å². The predicted octanol–water partition coefficient (Wildman–Crippen LogP) is 2.83. The molecule has 1 unspecified atom stereocenters. The van der Waals surface area contributed by atoms with Crippen LogP contribution in [0.1, 0.15) is 23.6 Å². The maximum absolute atomic E-state index is 13.9. The van der Waals surface area contributed by atoms with E-state index in [-0.39, 0.29) is 30.5 Å². The first-order valence-electron chi connectivity index (χ1n) is 12.2. The summed E-state index contributed by atoms with van der Waals surface area (Å²) in [6, 6.07) is 8.67. The number of amides is 1. The van der Waals surface area contributed by atoms with Gasteiger partial charge in [0.1, 0.15) is 11.7 Å². The van der Waals surface area contributed by atoms with Gasteiger partial charge in [0.15, 0.2) is 0 Å². The number of halogens is 3. The average Bonchev–Trinajstić information content (AvgIpc) is 3.20. The minimum atomic E-state index is -4.04. The van der Waals surface area contributed by atoms with Crippen molar-refractivity contribution in [1.29, 1.82) is 0 Å². The molecule has 1 amide bonds. The zero-order valence-corrected chi connectivity index (χ0v) is 21.8. The molecular weight excluding hydrogens is 535 g/mol. The van der Waals surface area contributed by atoms with Crippen molar-refractivity contribution >= 4 is 26.8 Å². The Morgan fingerprint density at radius 2 is 1.79 bits per heavy atom. The van der Waals surface area contributed by atoms with E-state index in [0.29, 0.717) is 22.2 Å². The molecule has 1 saturated heterocycles. The third kappa shape index (κ3) is 4.36. The molecule has 0 radical (unpaired) electrons. The summed E-state index contributed by atoms with van der Waals surface area (Å²) in [5.74, 6) is -5.53. The van der Waals surface area contributed by atoms with Crippen LogP contribution in [-0.4, -0.2) is 73.9 Å². The first kappa shape index (κ1) is 25.5. The molecular formula is C25H24F3N7O3S. The highest BCUT2D eigenvalue weighted by atomic mass is 32.2. The lowest BCUT2D eigenvalue weighted by Gasteiger charge is -2.41. The molecule has 2 atom stereocenters. The highest BCUT2D eigenvalue weighted by Crippen LogP contribution is 2.50. The van der Waals surface area contributed by atoms with Crippen molar-refractivity contribution in [3.63, 3.8) is 0 Å². The van der Waals surface area contributed by atoms with Gasteiger partial charge >= 0.3 is 0 Å². The molecule has 10 nitrogen and oxygen atoms in total. The molecule has 0 bridgehead atoms. The molecule has 2 aromatic carbocycles. The molecule has 2 aromatic heterocycles. The van der Waals surface area contributed by atoms with Gasteiger partial charge in [-0.05, 0) is 54.4 Å². The molecule has 3 heterocycles. The molecule has 1 aliphatic carbocycles. The fourth-order valence-corrected chi connectivity index (χ4v) is 6.43. The molecule has 39 heavy (non-hydrogen) atoms. The van der Waals surface area contributed by atoms with Gasteiger partial charge in [0.05, 0.1) is 29.6 Å². The molecule has 204 valence electrons. The van der Waals surface area contributed by atoms with Crippen LogP contribution in [0.25, 0.3) is 16.6 Å². The number of aryl methyl sites for hydroxylation is 2. The van der Waals surface area contributed by atoms with Gasteiger partial charge in [0.25, 0.3) is 15.9 Å². The summed E-state index contributed by atoms with van der Waals surface area (Å²) < 4.78 is 70.7. The molecule has 1 aliphatic heterocycles. The van der Waals surface area contributed by atoms with E-state index in [4.69, 9.17) is 0 Å². The standard InChI is InChI=1S/C25H24F3N7O3S/c1-15-9-21-16(12-30-35(21)18-5-3-17(26)4-6-18)10-19(15)22-14-33(39(37,38)23-13-29-32(2)31-23)7-8-34(22)24(36)20-11-25(20,27)28/h3-6,9-10,12-13,20,22H,7-8,11,14H2,1-2H3/t20?,22-/m1/s1. The number of alkyl halides is 2. The van der Waals surface area contributed by atoms with E-state index in [1.54, 1.807) is 36.0 Å². The molecule has 1 saturated carbocycles. The van der Waals surface area contributed by atoms with Gasteiger partial charge in [-0.25, -0.2) is 26.3 Å². The van der Waals surface area contributed by atoms with E-state index in [1.165, 1.54) is 28.4 Å². The topological polar surface area (TPSA) is 106 Å². The monoisotopic (exact) mass is 559 g/mol. The average molecular weight is 560 g/mol. The number of hydrogen-bond donors (Lipinski definition) is 0. The number of piperazine rings is 1. The minimum Gasteiger partial charge on any atom is -0.333 e. The molecule has 2 aliphatic rings. The number of fused-ring (bicyclic) bond motifs is 1. The second-order valence-electron chi connectivity index (χ2n) is 9.90. The SMILES string of the molecule is Cc1cc2c(cnn2-c2ccc(F)cc2)cc1[C@H]1CN(S(=O)(=O)c2cnn(C)n2)CCN1C(=O)C1CC1(F)F. The molecule has 0 N–H and O–H groups in total. The van der Waals surface area contributed by atoms with Crippen LogP contribution in [0, 0.1) is 18.7 Å². The molecule has 14 heteroatoms. The second kappa shape index (κ2) is 8.88. The lowest BCUT2D eigenvalue weighted by Crippen LogP contribution is -2.53. The van der Waals surface area contributed by atoms with Gasteiger partial charge in [-0.3, -0.25) is 4.79 Å². The summed E-state index contributed by atoms with van der Waals surface area (Å²) in [6.45, 7) is 1.55.